The predicted octanol–water partition coefficient (Wildman–Crippen LogP) is 3.51. The van der Waals surface area contributed by atoms with E-state index in [1.807, 2.05) is 36.4 Å². The lowest BCUT2D eigenvalue weighted by Crippen LogP contribution is -2.34. The highest BCUT2D eigenvalue weighted by Gasteiger charge is 2.11. The number of amides is 3. The van der Waals surface area contributed by atoms with Gasteiger partial charge in [-0.25, -0.2) is 4.79 Å². The van der Waals surface area contributed by atoms with Crippen LogP contribution in [0.1, 0.15) is 12.0 Å². The SMILES string of the molecule is CN(Cc1ccccc1Cl)C(=O)CCNC(=O)Nc1ccccc1. The highest BCUT2D eigenvalue weighted by Crippen LogP contribution is 2.16. The zero-order chi connectivity index (χ0) is 17.4. The maximum absolute atomic E-state index is 12.1. The highest BCUT2D eigenvalue weighted by molar-refractivity contribution is 6.31. The smallest absolute Gasteiger partial charge is 0.319 e. The summed E-state index contributed by atoms with van der Waals surface area (Å²) in [6.45, 7) is 0.707. The third-order valence-corrected chi connectivity index (χ3v) is 3.82. The van der Waals surface area contributed by atoms with Gasteiger partial charge >= 0.3 is 6.03 Å². The minimum absolute atomic E-state index is 0.0602. The lowest BCUT2D eigenvalue weighted by Gasteiger charge is -2.18. The zero-order valence-corrected chi connectivity index (χ0v) is 14.2. The molecule has 0 heterocycles. The van der Waals surface area contributed by atoms with Gasteiger partial charge in [0.2, 0.25) is 5.91 Å². The Labute approximate surface area is 146 Å². The average Bonchev–Trinajstić information content (AvgIpc) is 2.57. The van der Waals surface area contributed by atoms with Crippen molar-refractivity contribution < 1.29 is 9.59 Å². The second kappa shape index (κ2) is 8.93. The first-order valence-corrected chi connectivity index (χ1v) is 8.01. The Morgan fingerprint density at radius 2 is 1.71 bits per heavy atom. The van der Waals surface area contributed by atoms with E-state index in [0.717, 1.165) is 5.56 Å². The van der Waals surface area contributed by atoms with Gasteiger partial charge in [-0.1, -0.05) is 48.0 Å². The van der Waals surface area contributed by atoms with Crippen LogP contribution >= 0.6 is 11.6 Å². The van der Waals surface area contributed by atoms with Crippen molar-refractivity contribution in [3.63, 3.8) is 0 Å². The number of hydrogen-bond acceptors (Lipinski definition) is 2. The van der Waals surface area contributed by atoms with Gasteiger partial charge in [-0.05, 0) is 23.8 Å². The van der Waals surface area contributed by atoms with E-state index in [9.17, 15) is 9.59 Å². The number of urea groups is 1. The number of nitrogens with one attached hydrogen (secondary N) is 2. The van der Waals surface area contributed by atoms with Gasteiger partial charge in [0.25, 0.3) is 0 Å². The highest BCUT2D eigenvalue weighted by atomic mass is 35.5. The van der Waals surface area contributed by atoms with Crippen LogP contribution in [-0.4, -0.2) is 30.4 Å². The summed E-state index contributed by atoms with van der Waals surface area (Å²) >= 11 is 6.09. The van der Waals surface area contributed by atoms with Gasteiger partial charge in [0.15, 0.2) is 0 Å². The molecule has 0 unspecified atom stereocenters. The minimum Gasteiger partial charge on any atom is -0.341 e. The number of anilines is 1. The van der Waals surface area contributed by atoms with Gasteiger partial charge < -0.3 is 15.5 Å². The van der Waals surface area contributed by atoms with Crippen LogP contribution in [0.2, 0.25) is 5.02 Å². The van der Waals surface area contributed by atoms with E-state index in [-0.39, 0.29) is 24.9 Å². The number of benzene rings is 2. The molecule has 24 heavy (non-hydrogen) atoms. The zero-order valence-electron chi connectivity index (χ0n) is 13.5. The van der Waals surface area contributed by atoms with E-state index in [0.29, 0.717) is 17.3 Å². The van der Waals surface area contributed by atoms with Crippen molar-refractivity contribution in [3.8, 4) is 0 Å². The van der Waals surface area contributed by atoms with Crippen molar-refractivity contribution in [1.82, 2.24) is 10.2 Å². The first-order chi connectivity index (χ1) is 11.6. The predicted molar refractivity (Wildman–Crippen MR) is 96.0 cm³/mol. The molecule has 2 rings (SSSR count). The molecule has 0 aromatic heterocycles. The maximum Gasteiger partial charge on any atom is 0.319 e. The van der Waals surface area contributed by atoms with Crippen LogP contribution in [0.25, 0.3) is 0 Å². The second-order valence-corrected chi connectivity index (χ2v) is 5.75. The fraction of sp³-hybridized carbons (Fsp3) is 0.222. The average molecular weight is 346 g/mol. The third kappa shape index (κ3) is 5.59. The molecule has 3 amide bonds. The Morgan fingerprint density at radius 3 is 2.42 bits per heavy atom. The molecule has 0 aliphatic heterocycles. The van der Waals surface area contributed by atoms with Gasteiger partial charge in [0, 0.05) is 37.3 Å². The van der Waals surface area contributed by atoms with Gasteiger partial charge in [-0.3, -0.25) is 4.79 Å². The molecule has 2 aromatic carbocycles. The number of carbonyl (C=O) groups excluding carboxylic acids is 2. The summed E-state index contributed by atoms with van der Waals surface area (Å²) in [7, 11) is 1.72. The van der Waals surface area contributed by atoms with Crippen molar-refractivity contribution in [2.75, 3.05) is 18.9 Å². The van der Waals surface area contributed by atoms with Crippen LogP contribution in [0.3, 0.4) is 0 Å². The summed E-state index contributed by atoms with van der Waals surface area (Å²) < 4.78 is 0. The summed E-state index contributed by atoms with van der Waals surface area (Å²) in [5, 5.41) is 6.00. The lowest BCUT2D eigenvalue weighted by molar-refractivity contribution is -0.130. The maximum atomic E-state index is 12.1. The molecule has 126 valence electrons. The molecule has 2 aromatic rings. The van der Waals surface area contributed by atoms with Crippen molar-refractivity contribution >= 4 is 29.2 Å². The Balaban J connectivity index is 1.72. The van der Waals surface area contributed by atoms with Crippen molar-refractivity contribution in [1.29, 1.82) is 0 Å². The topological polar surface area (TPSA) is 61.4 Å². The molecule has 0 atom stereocenters. The molecule has 0 radical (unpaired) electrons. The van der Waals surface area contributed by atoms with Crippen LogP contribution in [0, 0.1) is 0 Å². The largest absolute Gasteiger partial charge is 0.341 e. The molecule has 0 saturated carbocycles. The quantitative estimate of drug-likeness (QED) is 0.841. The first kappa shape index (κ1) is 17.8. The van der Waals surface area contributed by atoms with E-state index in [1.165, 1.54) is 0 Å². The molecule has 0 aliphatic rings. The molecular formula is C18H20ClN3O2. The van der Waals surface area contributed by atoms with Gasteiger partial charge in [-0.2, -0.15) is 0 Å². The molecule has 5 nitrogen and oxygen atoms in total. The molecule has 0 bridgehead atoms. The number of hydrogen-bond donors (Lipinski definition) is 2. The second-order valence-electron chi connectivity index (χ2n) is 5.34. The van der Waals surface area contributed by atoms with Crippen LogP contribution in [-0.2, 0) is 11.3 Å². The van der Waals surface area contributed by atoms with Crippen molar-refractivity contribution in [2.45, 2.75) is 13.0 Å². The monoisotopic (exact) mass is 345 g/mol. The number of para-hydroxylation sites is 1. The summed E-state index contributed by atoms with van der Waals surface area (Å²) in [6, 6.07) is 16.2. The van der Waals surface area contributed by atoms with E-state index in [4.69, 9.17) is 11.6 Å². The van der Waals surface area contributed by atoms with E-state index in [1.54, 1.807) is 30.1 Å². The normalized spacial score (nSPS) is 10.1. The van der Waals surface area contributed by atoms with E-state index in [2.05, 4.69) is 10.6 Å². The lowest BCUT2D eigenvalue weighted by atomic mass is 10.2. The Morgan fingerprint density at radius 1 is 1.04 bits per heavy atom. The van der Waals surface area contributed by atoms with Crippen LogP contribution < -0.4 is 10.6 Å². The Hall–Kier alpha value is -2.53. The number of halogens is 1. The number of carbonyl (C=O) groups is 2. The van der Waals surface area contributed by atoms with Crippen molar-refractivity contribution in [2.24, 2.45) is 0 Å². The summed E-state index contributed by atoms with van der Waals surface area (Å²) in [6.07, 6.45) is 0.225. The van der Waals surface area contributed by atoms with Crippen LogP contribution in [0.15, 0.2) is 54.6 Å². The summed E-state index contributed by atoms with van der Waals surface area (Å²) in [5.74, 6) is -0.0602. The molecule has 0 saturated heterocycles. The van der Waals surface area contributed by atoms with Crippen molar-refractivity contribution in [3.05, 3.63) is 65.2 Å². The number of rotatable bonds is 6. The Bertz CT molecular complexity index is 692. The van der Waals surface area contributed by atoms with Gasteiger partial charge in [0.05, 0.1) is 0 Å². The van der Waals surface area contributed by atoms with Gasteiger partial charge in [0.1, 0.15) is 0 Å². The van der Waals surface area contributed by atoms with E-state index < -0.39 is 0 Å². The third-order valence-electron chi connectivity index (χ3n) is 3.45. The standard InChI is InChI=1S/C18H20ClN3O2/c1-22(13-14-7-5-6-10-16(14)19)17(23)11-12-20-18(24)21-15-8-3-2-4-9-15/h2-10H,11-13H2,1H3,(H2,20,21,24). The summed E-state index contributed by atoms with van der Waals surface area (Å²) in [5.41, 5.74) is 1.60. The Kier molecular flexibility index (Phi) is 6.63. The molecule has 0 spiro atoms. The fourth-order valence-corrected chi connectivity index (χ4v) is 2.34. The molecular weight excluding hydrogens is 326 g/mol. The molecule has 0 fully saturated rings. The minimum atomic E-state index is -0.331. The van der Waals surface area contributed by atoms with Gasteiger partial charge in [-0.15, -0.1) is 0 Å². The molecule has 0 aliphatic carbocycles. The summed E-state index contributed by atoms with van der Waals surface area (Å²) in [4.78, 5) is 25.4. The van der Waals surface area contributed by atoms with Crippen LogP contribution in [0.5, 0.6) is 0 Å². The number of nitrogens with zero attached hydrogens (tertiary/aromatic N) is 1. The first-order valence-electron chi connectivity index (χ1n) is 7.63. The van der Waals surface area contributed by atoms with Crippen LogP contribution in [0.4, 0.5) is 10.5 Å². The molecule has 6 heteroatoms. The molecule has 2 N–H and O–H groups in total. The fourth-order valence-electron chi connectivity index (χ4n) is 2.14. The van der Waals surface area contributed by atoms with E-state index >= 15 is 0 Å².